The van der Waals surface area contributed by atoms with Gasteiger partial charge in [0.2, 0.25) is 0 Å². The summed E-state index contributed by atoms with van der Waals surface area (Å²) in [7, 11) is 0. The lowest BCUT2D eigenvalue weighted by Crippen LogP contribution is -2.27. The van der Waals surface area contributed by atoms with Gasteiger partial charge in [-0.1, -0.05) is 56.0 Å². The molecule has 170 valence electrons. The summed E-state index contributed by atoms with van der Waals surface area (Å²) in [6.07, 6.45) is 11.4. The van der Waals surface area contributed by atoms with Crippen LogP contribution in [0, 0.1) is 11.8 Å². The number of unbranched alkanes of at least 4 members (excludes halogenated alkanes) is 5. The number of esters is 2. The SMILES string of the molecule is O=C(C=Cc1ccccc1)OCCCCCCCCOC(=O)[C@H]1CC[C@H](C(=O)O)CC1. The summed E-state index contributed by atoms with van der Waals surface area (Å²) in [4.78, 5) is 34.7. The van der Waals surface area contributed by atoms with Gasteiger partial charge in [0.05, 0.1) is 25.0 Å². The molecule has 1 N–H and O–H groups in total. The summed E-state index contributed by atoms with van der Waals surface area (Å²) in [5, 5.41) is 9.00. The molecule has 0 saturated heterocycles. The summed E-state index contributed by atoms with van der Waals surface area (Å²) >= 11 is 0. The summed E-state index contributed by atoms with van der Waals surface area (Å²) < 4.78 is 10.6. The molecule has 1 saturated carbocycles. The Morgan fingerprint density at radius 2 is 1.35 bits per heavy atom. The molecule has 0 unspecified atom stereocenters. The fraction of sp³-hybridized carbons (Fsp3) is 0.560. The predicted octanol–water partition coefficient (Wildman–Crippen LogP) is 5.02. The minimum Gasteiger partial charge on any atom is -0.481 e. The molecular weight excluding hydrogens is 396 g/mol. The largest absolute Gasteiger partial charge is 0.481 e. The molecular formula is C25H34O6. The maximum absolute atomic E-state index is 12.0. The summed E-state index contributed by atoms with van der Waals surface area (Å²) in [5.74, 6) is -1.70. The Morgan fingerprint density at radius 3 is 1.97 bits per heavy atom. The van der Waals surface area contributed by atoms with E-state index in [1.165, 1.54) is 6.08 Å². The topological polar surface area (TPSA) is 89.9 Å². The lowest BCUT2D eigenvalue weighted by Gasteiger charge is -2.24. The van der Waals surface area contributed by atoms with Crippen LogP contribution in [0.5, 0.6) is 0 Å². The van der Waals surface area contributed by atoms with Gasteiger partial charge >= 0.3 is 17.9 Å². The van der Waals surface area contributed by atoms with E-state index in [4.69, 9.17) is 14.6 Å². The minimum atomic E-state index is -0.759. The molecule has 6 heteroatoms. The molecule has 2 rings (SSSR count). The Morgan fingerprint density at radius 1 is 0.806 bits per heavy atom. The molecule has 0 spiro atoms. The third-order valence-electron chi connectivity index (χ3n) is 5.65. The average Bonchev–Trinajstić information content (AvgIpc) is 2.79. The number of benzene rings is 1. The van der Waals surface area contributed by atoms with Crippen LogP contribution in [0.25, 0.3) is 6.08 Å². The van der Waals surface area contributed by atoms with Crippen LogP contribution in [-0.2, 0) is 23.9 Å². The average molecular weight is 431 g/mol. The van der Waals surface area contributed by atoms with Crippen LogP contribution in [0.2, 0.25) is 0 Å². The third kappa shape index (κ3) is 10.3. The van der Waals surface area contributed by atoms with Gasteiger partial charge in [0.25, 0.3) is 0 Å². The highest BCUT2D eigenvalue weighted by Gasteiger charge is 2.30. The second kappa shape index (κ2) is 14.4. The number of rotatable bonds is 13. The maximum Gasteiger partial charge on any atom is 0.330 e. The molecule has 0 aliphatic heterocycles. The van der Waals surface area contributed by atoms with Crippen molar-refractivity contribution in [2.24, 2.45) is 11.8 Å². The van der Waals surface area contributed by atoms with E-state index >= 15 is 0 Å². The number of carbonyl (C=O) groups is 3. The number of carbonyl (C=O) groups excluding carboxylic acids is 2. The van der Waals surface area contributed by atoms with Crippen LogP contribution in [0.15, 0.2) is 36.4 Å². The maximum atomic E-state index is 12.0. The smallest absolute Gasteiger partial charge is 0.330 e. The van der Waals surface area contributed by atoms with Crippen LogP contribution >= 0.6 is 0 Å². The van der Waals surface area contributed by atoms with Crippen molar-refractivity contribution in [2.75, 3.05) is 13.2 Å². The molecule has 1 aromatic carbocycles. The van der Waals surface area contributed by atoms with E-state index < -0.39 is 5.97 Å². The highest BCUT2D eigenvalue weighted by molar-refractivity contribution is 5.87. The van der Waals surface area contributed by atoms with Gasteiger partial charge in [0.15, 0.2) is 0 Å². The molecule has 0 heterocycles. The van der Waals surface area contributed by atoms with Gasteiger partial charge in [-0.25, -0.2) is 4.79 Å². The van der Waals surface area contributed by atoms with Crippen molar-refractivity contribution in [3.8, 4) is 0 Å². The second-order valence-corrected chi connectivity index (χ2v) is 8.09. The zero-order valence-corrected chi connectivity index (χ0v) is 18.2. The van der Waals surface area contributed by atoms with Gasteiger partial charge < -0.3 is 14.6 Å². The van der Waals surface area contributed by atoms with Crippen molar-refractivity contribution in [3.63, 3.8) is 0 Å². The van der Waals surface area contributed by atoms with Gasteiger partial charge in [-0.05, 0) is 50.2 Å². The first-order chi connectivity index (χ1) is 15.1. The van der Waals surface area contributed by atoms with Crippen molar-refractivity contribution in [2.45, 2.75) is 64.2 Å². The van der Waals surface area contributed by atoms with Gasteiger partial charge in [0.1, 0.15) is 0 Å². The van der Waals surface area contributed by atoms with E-state index in [0.717, 1.165) is 44.1 Å². The molecule has 0 bridgehead atoms. The molecule has 1 aliphatic carbocycles. The van der Waals surface area contributed by atoms with Crippen molar-refractivity contribution in [1.29, 1.82) is 0 Å². The number of aliphatic carboxylic acids is 1. The molecule has 0 radical (unpaired) electrons. The Balaban J connectivity index is 1.39. The molecule has 6 nitrogen and oxygen atoms in total. The van der Waals surface area contributed by atoms with E-state index in [9.17, 15) is 14.4 Å². The Bertz CT molecular complexity index is 704. The fourth-order valence-electron chi connectivity index (χ4n) is 3.73. The van der Waals surface area contributed by atoms with Crippen LogP contribution in [0.3, 0.4) is 0 Å². The van der Waals surface area contributed by atoms with Crippen molar-refractivity contribution < 1.29 is 29.0 Å². The summed E-state index contributed by atoms with van der Waals surface area (Å²) in [5.41, 5.74) is 0.968. The van der Waals surface area contributed by atoms with Gasteiger partial charge in [0, 0.05) is 6.08 Å². The van der Waals surface area contributed by atoms with E-state index in [-0.39, 0.29) is 23.8 Å². The minimum absolute atomic E-state index is 0.138. The standard InChI is InChI=1S/C25H34O6/c26-23(17-12-20-10-6-5-7-11-20)30-18-8-3-1-2-4-9-19-31-25(29)22-15-13-21(14-16-22)24(27)28/h5-7,10-12,17,21-22H,1-4,8-9,13-16,18-19H2,(H,27,28)/t21-,22-. The quantitative estimate of drug-likeness (QED) is 0.269. The number of carboxylic acid groups (broad SMARTS) is 1. The van der Waals surface area contributed by atoms with E-state index in [1.807, 2.05) is 30.3 Å². The summed E-state index contributed by atoms with van der Waals surface area (Å²) in [6.45, 7) is 0.864. The fourth-order valence-corrected chi connectivity index (χ4v) is 3.73. The zero-order chi connectivity index (χ0) is 22.3. The van der Waals surface area contributed by atoms with Crippen LogP contribution in [-0.4, -0.2) is 36.2 Å². The highest BCUT2D eigenvalue weighted by Crippen LogP contribution is 2.29. The molecule has 0 atom stereocenters. The van der Waals surface area contributed by atoms with E-state index in [1.54, 1.807) is 6.08 Å². The highest BCUT2D eigenvalue weighted by atomic mass is 16.5. The second-order valence-electron chi connectivity index (χ2n) is 8.09. The van der Waals surface area contributed by atoms with Crippen LogP contribution < -0.4 is 0 Å². The first kappa shape index (κ1) is 24.6. The van der Waals surface area contributed by atoms with Gasteiger partial charge in [-0.3, -0.25) is 9.59 Å². The lowest BCUT2D eigenvalue weighted by molar-refractivity contribution is -0.152. The zero-order valence-electron chi connectivity index (χ0n) is 18.2. The molecule has 1 fully saturated rings. The first-order valence-electron chi connectivity index (χ1n) is 11.4. The Hall–Kier alpha value is -2.63. The normalized spacial score (nSPS) is 18.6. The van der Waals surface area contributed by atoms with Crippen molar-refractivity contribution >= 4 is 24.0 Å². The van der Waals surface area contributed by atoms with Crippen molar-refractivity contribution in [1.82, 2.24) is 0 Å². The first-order valence-corrected chi connectivity index (χ1v) is 11.4. The monoisotopic (exact) mass is 430 g/mol. The Labute approximate surface area is 184 Å². The summed E-state index contributed by atoms with van der Waals surface area (Å²) in [6, 6.07) is 9.63. The predicted molar refractivity (Wildman–Crippen MR) is 118 cm³/mol. The number of carboxylic acids is 1. The van der Waals surface area contributed by atoms with E-state index in [0.29, 0.717) is 38.9 Å². The Kier molecular flexibility index (Phi) is 11.4. The molecule has 0 amide bonds. The number of ether oxygens (including phenoxy) is 2. The van der Waals surface area contributed by atoms with Crippen molar-refractivity contribution in [3.05, 3.63) is 42.0 Å². The van der Waals surface area contributed by atoms with Crippen LogP contribution in [0.4, 0.5) is 0 Å². The molecule has 0 aromatic heterocycles. The molecule has 1 aromatic rings. The van der Waals surface area contributed by atoms with Gasteiger partial charge in [-0.15, -0.1) is 0 Å². The number of hydrogen-bond donors (Lipinski definition) is 1. The lowest BCUT2D eigenvalue weighted by atomic mass is 9.82. The molecule has 1 aliphatic rings. The van der Waals surface area contributed by atoms with Crippen LogP contribution in [0.1, 0.15) is 69.8 Å². The molecule has 31 heavy (non-hydrogen) atoms. The number of hydrogen-bond acceptors (Lipinski definition) is 5. The third-order valence-corrected chi connectivity index (χ3v) is 5.65. The van der Waals surface area contributed by atoms with Gasteiger partial charge in [-0.2, -0.15) is 0 Å². The van der Waals surface area contributed by atoms with E-state index in [2.05, 4.69) is 0 Å².